The molecule has 0 bridgehead atoms. The Hall–Kier alpha value is -4.41. The van der Waals surface area contributed by atoms with Crippen LogP contribution in [0, 0.1) is 5.92 Å². The molecule has 0 spiro atoms. The van der Waals surface area contributed by atoms with Crippen LogP contribution in [-0.2, 0) is 23.8 Å². The number of esters is 2. The Kier molecular flexibility index (Phi) is 9.65. The third-order valence-electron chi connectivity index (χ3n) is 8.17. The number of benzene rings is 2. The van der Waals surface area contributed by atoms with Crippen LogP contribution in [0.5, 0.6) is 23.0 Å². The van der Waals surface area contributed by atoms with E-state index in [1.54, 1.807) is 6.92 Å². The zero-order valence-corrected chi connectivity index (χ0v) is 25.8. The van der Waals surface area contributed by atoms with E-state index in [4.69, 9.17) is 28.1 Å². The summed E-state index contributed by atoms with van der Waals surface area (Å²) in [4.78, 5) is 37.8. The number of phenolic OH excluding ortho intramolecular Hbond substituents is 2. The van der Waals surface area contributed by atoms with Crippen LogP contribution in [0.3, 0.4) is 0 Å². The van der Waals surface area contributed by atoms with E-state index in [0.717, 1.165) is 13.0 Å². The van der Waals surface area contributed by atoms with E-state index in [0.29, 0.717) is 0 Å². The number of fused-ring (bicyclic) bond motifs is 1. The molecule has 10 unspecified atom stereocenters. The van der Waals surface area contributed by atoms with Gasteiger partial charge in [0.15, 0.2) is 11.9 Å². The first-order valence-electron chi connectivity index (χ1n) is 14.8. The van der Waals surface area contributed by atoms with Crippen LogP contribution in [0.2, 0.25) is 0 Å². The van der Waals surface area contributed by atoms with Gasteiger partial charge in [-0.25, -0.2) is 0 Å². The van der Waals surface area contributed by atoms with Crippen LogP contribution in [0.1, 0.15) is 34.1 Å². The first-order chi connectivity index (χ1) is 22.2. The van der Waals surface area contributed by atoms with Gasteiger partial charge in [-0.1, -0.05) is 6.92 Å². The monoisotopic (exact) mass is 660 g/mol. The number of aromatic hydroxyl groups is 2. The molecule has 1 saturated heterocycles. The van der Waals surface area contributed by atoms with Gasteiger partial charge in [-0.15, -0.1) is 0 Å². The van der Waals surface area contributed by atoms with Gasteiger partial charge in [-0.05, 0) is 43.5 Å². The molecule has 1 aliphatic heterocycles. The van der Waals surface area contributed by atoms with Crippen molar-refractivity contribution in [1.29, 1.82) is 0 Å². The van der Waals surface area contributed by atoms with Gasteiger partial charge in [0.2, 0.25) is 17.5 Å². The van der Waals surface area contributed by atoms with E-state index in [1.807, 2.05) is 0 Å². The van der Waals surface area contributed by atoms with Gasteiger partial charge in [0.05, 0.1) is 6.10 Å². The number of carbonyl (C=O) groups excluding carboxylic acids is 2. The number of hydrogen-bond acceptors (Lipinski definition) is 15. The van der Waals surface area contributed by atoms with Gasteiger partial charge in [0.25, 0.3) is 0 Å². The predicted octanol–water partition coefficient (Wildman–Crippen LogP) is 1.09. The molecular formula is C32H36O15. The molecule has 3 aromatic rings. The Morgan fingerprint density at radius 3 is 2.11 bits per heavy atom. The zero-order valence-electron chi connectivity index (χ0n) is 25.8. The average molecular weight is 661 g/mol. The third kappa shape index (κ3) is 6.84. The Bertz CT molecular complexity index is 1680. The topological polar surface area (TPSA) is 232 Å². The number of aliphatic hydroxyl groups is 4. The van der Waals surface area contributed by atoms with Crippen LogP contribution in [0.15, 0.2) is 45.6 Å². The van der Waals surface area contributed by atoms with Crippen LogP contribution in [-0.4, -0.2) is 97.7 Å². The first kappa shape index (κ1) is 33.9. The lowest BCUT2D eigenvalue weighted by Crippen LogP contribution is -2.58. The maximum atomic E-state index is 14.1. The van der Waals surface area contributed by atoms with Gasteiger partial charge in [0.1, 0.15) is 64.8 Å². The molecule has 15 heteroatoms. The molecule has 2 aliphatic rings. The normalized spacial score (nSPS) is 30.8. The number of rotatable bonds is 7. The number of ether oxygens (including phenoxy) is 5. The third-order valence-corrected chi connectivity index (χ3v) is 8.17. The van der Waals surface area contributed by atoms with E-state index >= 15 is 0 Å². The first-order valence-corrected chi connectivity index (χ1v) is 14.8. The summed E-state index contributed by atoms with van der Waals surface area (Å²) in [7, 11) is 0. The van der Waals surface area contributed by atoms with E-state index in [2.05, 4.69) is 0 Å². The second-order valence-corrected chi connectivity index (χ2v) is 11.8. The summed E-state index contributed by atoms with van der Waals surface area (Å²) in [5, 5.41) is 62.2. The van der Waals surface area contributed by atoms with E-state index in [-0.39, 0.29) is 40.2 Å². The molecule has 0 radical (unpaired) electrons. The quantitative estimate of drug-likeness (QED) is 0.195. The lowest BCUT2D eigenvalue weighted by Gasteiger charge is -2.42. The SMILES string of the molecule is CC(=O)OC1C(C)CC(Oc2c(-c3ccc(O)cc3)oc3cc(OC4OC(C)C(O)C(O)C4O)cc(O)c3c2=O)C(OC(C)=O)C1O. The van der Waals surface area contributed by atoms with Crippen LogP contribution < -0.4 is 14.9 Å². The van der Waals surface area contributed by atoms with Gasteiger partial charge in [-0.2, -0.15) is 0 Å². The van der Waals surface area contributed by atoms with E-state index in [9.17, 15) is 45.0 Å². The molecule has 254 valence electrons. The molecule has 0 amide bonds. The summed E-state index contributed by atoms with van der Waals surface area (Å²) in [6.45, 7) is 5.44. The highest BCUT2D eigenvalue weighted by molar-refractivity contribution is 5.88. The maximum absolute atomic E-state index is 14.1. The Morgan fingerprint density at radius 2 is 1.47 bits per heavy atom. The van der Waals surface area contributed by atoms with Crippen molar-refractivity contribution in [3.8, 4) is 34.3 Å². The number of hydrogen-bond donors (Lipinski definition) is 6. The largest absolute Gasteiger partial charge is 0.508 e. The summed E-state index contributed by atoms with van der Waals surface area (Å²) in [6.07, 6.45) is -12.0. The summed E-state index contributed by atoms with van der Waals surface area (Å²) < 4.78 is 34.1. The number of carbonyl (C=O) groups is 2. The minimum atomic E-state index is -1.66. The minimum absolute atomic E-state index is 0.0564. The maximum Gasteiger partial charge on any atom is 0.303 e. The Labute approximate surface area is 267 Å². The lowest BCUT2D eigenvalue weighted by atomic mass is 9.81. The van der Waals surface area contributed by atoms with E-state index in [1.165, 1.54) is 44.2 Å². The Balaban J connectivity index is 1.59. The van der Waals surface area contributed by atoms with Crippen molar-refractivity contribution in [3.05, 3.63) is 46.6 Å². The molecule has 2 fully saturated rings. The van der Waals surface area contributed by atoms with Crippen molar-refractivity contribution in [2.24, 2.45) is 5.92 Å². The van der Waals surface area contributed by atoms with Crippen molar-refractivity contribution in [3.63, 3.8) is 0 Å². The van der Waals surface area contributed by atoms with Gasteiger partial charge in [0, 0.05) is 31.5 Å². The molecule has 1 aliphatic carbocycles. The molecule has 1 saturated carbocycles. The van der Waals surface area contributed by atoms with Crippen LogP contribution in [0.25, 0.3) is 22.3 Å². The molecule has 2 aromatic carbocycles. The fraction of sp³-hybridized carbons (Fsp3) is 0.469. The average Bonchev–Trinajstić information content (AvgIpc) is 3.00. The van der Waals surface area contributed by atoms with Crippen molar-refractivity contribution in [2.45, 2.75) is 89.2 Å². The van der Waals surface area contributed by atoms with Crippen molar-refractivity contribution >= 4 is 22.9 Å². The van der Waals surface area contributed by atoms with Crippen molar-refractivity contribution < 1.29 is 68.3 Å². The second kappa shape index (κ2) is 13.4. The van der Waals surface area contributed by atoms with Crippen LogP contribution in [0.4, 0.5) is 0 Å². The predicted molar refractivity (Wildman–Crippen MR) is 160 cm³/mol. The Morgan fingerprint density at radius 1 is 0.830 bits per heavy atom. The molecule has 15 nitrogen and oxygen atoms in total. The van der Waals surface area contributed by atoms with Crippen molar-refractivity contribution in [1.82, 2.24) is 0 Å². The molecular weight excluding hydrogens is 624 g/mol. The fourth-order valence-electron chi connectivity index (χ4n) is 5.84. The fourth-order valence-corrected chi connectivity index (χ4v) is 5.84. The lowest BCUT2D eigenvalue weighted by molar-refractivity contribution is -0.268. The smallest absolute Gasteiger partial charge is 0.303 e. The molecule has 5 rings (SSSR count). The molecule has 2 heterocycles. The number of phenols is 2. The van der Waals surface area contributed by atoms with Gasteiger partial charge in [-0.3, -0.25) is 14.4 Å². The highest BCUT2D eigenvalue weighted by Crippen LogP contribution is 2.40. The van der Waals surface area contributed by atoms with E-state index < -0.39 is 89.9 Å². The molecule has 47 heavy (non-hydrogen) atoms. The molecule has 1 aromatic heterocycles. The highest BCUT2D eigenvalue weighted by Gasteiger charge is 2.48. The van der Waals surface area contributed by atoms with Gasteiger partial charge >= 0.3 is 11.9 Å². The minimum Gasteiger partial charge on any atom is -0.508 e. The standard InChI is InChI=1S/C32H36O15/c1-12-9-21(30(44-15(4)34)27(41)28(12)43-14(3)33)47-31-24(38)22-19(36)10-18(45-32-26(40)25(39)23(37)13(2)42-32)11-20(22)46-29(31)16-5-7-17(35)8-6-16/h5-8,10-13,21,23,25-28,30,32,35-37,39-41H,9H2,1-4H3. The highest BCUT2D eigenvalue weighted by atomic mass is 16.7. The zero-order chi connectivity index (χ0) is 34.3. The summed E-state index contributed by atoms with van der Waals surface area (Å²) in [6, 6.07) is 7.83. The van der Waals surface area contributed by atoms with Crippen molar-refractivity contribution in [2.75, 3.05) is 0 Å². The molecule has 10 atom stereocenters. The molecule has 6 N–H and O–H groups in total. The van der Waals surface area contributed by atoms with Gasteiger partial charge < -0.3 is 58.7 Å². The van der Waals surface area contributed by atoms with Crippen LogP contribution >= 0.6 is 0 Å². The summed E-state index contributed by atoms with van der Waals surface area (Å²) in [5.41, 5.74) is -0.793. The summed E-state index contributed by atoms with van der Waals surface area (Å²) in [5.74, 6) is -3.34. The second-order valence-electron chi connectivity index (χ2n) is 11.8. The number of aliphatic hydroxyl groups excluding tert-OH is 4. The summed E-state index contributed by atoms with van der Waals surface area (Å²) >= 11 is 0.